The van der Waals surface area contributed by atoms with Gasteiger partial charge < -0.3 is 4.74 Å². The predicted molar refractivity (Wildman–Crippen MR) is 112 cm³/mol. The van der Waals surface area contributed by atoms with Gasteiger partial charge in [-0.2, -0.15) is 4.31 Å². The van der Waals surface area contributed by atoms with Gasteiger partial charge in [0.05, 0.1) is 31.0 Å². The molecule has 2 heterocycles. The highest BCUT2D eigenvalue weighted by atomic mass is 79.9. The van der Waals surface area contributed by atoms with E-state index in [-0.39, 0.29) is 24.1 Å². The van der Waals surface area contributed by atoms with E-state index in [2.05, 4.69) is 39.2 Å². The number of benzene rings is 2. The number of rotatable bonds is 4. The first-order valence-corrected chi connectivity index (χ1v) is 11.5. The zero-order chi connectivity index (χ0) is 20.6. The van der Waals surface area contributed by atoms with Crippen LogP contribution < -0.4 is 4.74 Å². The maximum absolute atomic E-state index is 13.3. The quantitative estimate of drug-likeness (QED) is 0.576. The van der Waals surface area contributed by atoms with Crippen molar-refractivity contribution in [1.82, 2.24) is 19.3 Å². The van der Waals surface area contributed by atoms with Crippen molar-refractivity contribution >= 4 is 26.0 Å². The molecule has 0 saturated carbocycles. The lowest BCUT2D eigenvalue weighted by molar-refractivity contribution is 0.219. The summed E-state index contributed by atoms with van der Waals surface area (Å²) in [7, 11) is -3.73. The summed E-state index contributed by atoms with van der Waals surface area (Å²) >= 11 is 3.36. The molecule has 0 aliphatic carbocycles. The average molecular weight is 477 g/mol. The standard InChI is InChI=1S/C20H21BrN4O3S/c1-14-5-3-4-6-16(14)10-24-11-18(22-23-24)12-25-15(2)13-28-19-9-17(21)7-8-20(19)29(25,26)27/h3-9,11,15H,10,12-13H2,1-2H3/t15-/m1/s1. The van der Waals surface area contributed by atoms with E-state index in [0.717, 1.165) is 10.0 Å². The van der Waals surface area contributed by atoms with E-state index in [1.807, 2.05) is 25.1 Å². The molecule has 3 aromatic rings. The first-order valence-electron chi connectivity index (χ1n) is 9.22. The van der Waals surface area contributed by atoms with Crippen LogP contribution in [-0.4, -0.2) is 40.4 Å². The highest BCUT2D eigenvalue weighted by Crippen LogP contribution is 2.34. The average Bonchev–Trinajstić information content (AvgIpc) is 3.09. The largest absolute Gasteiger partial charge is 0.490 e. The molecule has 9 heteroatoms. The number of hydrogen-bond acceptors (Lipinski definition) is 5. The maximum Gasteiger partial charge on any atom is 0.247 e. The summed E-state index contributed by atoms with van der Waals surface area (Å²) in [5.41, 5.74) is 2.91. The number of aromatic nitrogens is 3. The Morgan fingerprint density at radius 2 is 2.00 bits per heavy atom. The number of aryl methyl sites for hydroxylation is 1. The number of hydrogen-bond donors (Lipinski definition) is 0. The minimum atomic E-state index is -3.73. The molecule has 152 valence electrons. The van der Waals surface area contributed by atoms with Gasteiger partial charge in [-0.1, -0.05) is 45.4 Å². The molecule has 1 atom stereocenters. The summed E-state index contributed by atoms with van der Waals surface area (Å²) in [5, 5.41) is 8.37. The van der Waals surface area contributed by atoms with Crippen LogP contribution in [0.5, 0.6) is 5.75 Å². The smallest absolute Gasteiger partial charge is 0.247 e. The molecular formula is C20H21BrN4O3S. The van der Waals surface area contributed by atoms with Crippen molar-refractivity contribution < 1.29 is 13.2 Å². The third kappa shape index (κ3) is 4.08. The SMILES string of the molecule is Cc1ccccc1Cn1cc(CN2[C@H](C)COc3cc(Br)ccc3S2(=O)=O)nn1. The monoisotopic (exact) mass is 476 g/mol. The van der Waals surface area contributed by atoms with Gasteiger partial charge in [0.1, 0.15) is 17.3 Å². The molecule has 0 saturated heterocycles. The second-order valence-corrected chi connectivity index (χ2v) is 9.91. The van der Waals surface area contributed by atoms with Crippen LogP contribution >= 0.6 is 15.9 Å². The Labute approximate surface area is 178 Å². The van der Waals surface area contributed by atoms with Gasteiger partial charge in [0.2, 0.25) is 10.0 Å². The molecule has 0 unspecified atom stereocenters. The first kappa shape index (κ1) is 20.1. The van der Waals surface area contributed by atoms with Gasteiger partial charge in [-0.15, -0.1) is 5.10 Å². The minimum Gasteiger partial charge on any atom is -0.490 e. The van der Waals surface area contributed by atoms with Crippen LogP contribution in [0.2, 0.25) is 0 Å². The highest BCUT2D eigenvalue weighted by Gasteiger charge is 2.35. The van der Waals surface area contributed by atoms with Crippen molar-refractivity contribution in [2.24, 2.45) is 0 Å². The van der Waals surface area contributed by atoms with Crippen LogP contribution in [0.4, 0.5) is 0 Å². The van der Waals surface area contributed by atoms with Crippen LogP contribution in [0.15, 0.2) is 58.0 Å². The molecule has 0 spiro atoms. The molecule has 1 aromatic heterocycles. The molecule has 0 N–H and O–H groups in total. The third-order valence-corrected chi connectivity index (χ3v) is 7.45. The molecule has 4 rings (SSSR count). The summed E-state index contributed by atoms with van der Waals surface area (Å²) in [6.07, 6.45) is 1.79. The van der Waals surface area contributed by atoms with Crippen molar-refractivity contribution in [3.8, 4) is 5.75 Å². The molecular weight excluding hydrogens is 456 g/mol. The zero-order valence-corrected chi connectivity index (χ0v) is 18.5. The van der Waals surface area contributed by atoms with E-state index < -0.39 is 10.0 Å². The van der Waals surface area contributed by atoms with E-state index in [9.17, 15) is 8.42 Å². The van der Waals surface area contributed by atoms with Crippen molar-refractivity contribution in [2.45, 2.75) is 37.9 Å². The Balaban J connectivity index is 1.59. The Morgan fingerprint density at radius 3 is 2.79 bits per heavy atom. The van der Waals surface area contributed by atoms with E-state index in [1.54, 1.807) is 29.1 Å². The summed E-state index contributed by atoms with van der Waals surface area (Å²) < 4.78 is 36.2. The maximum atomic E-state index is 13.3. The fourth-order valence-corrected chi connectivity index (χ4v) is 5.36. The second-order valence-electron chi connectivity index (χ2n) is 7.14. The summed E-state index contributed by atoms with van der Waals surface area (Å²) in [4.78, 5) is 0.164. The van der Waals surface area contributed by atoms with Crippen molar-refractivity contribution in [2.75, 3.05) is 6.61 Å². The van der Waals surface area contributed by atoms with E-state index in [0.29, 0.717) is 18.0 Å². The van der Waals surface area contributed by atoms with Gasteiger partial charge in [-0.3, -0.25) is 0 Å². The molecule has 1 aliphatic heterocycles. The van der Waals surface area contributed by atoms with Crippen LogP contribution in [0.25, 0.3) is 0 Å². The lowest BCUT2D eigenvalue weighted by Crippen LogP contribution is -2.39. The van der Waals surface area contributed by atoms with Crippen molar-refractivity contribution in [1.29, 1.82) is 0 Å². The van der Waals surface area contributed by atoms with Crippen LogP contribution in [0.1, 0.15) is 23.7 Å². The molecule has 2 aromatic carbocycles. The van der Waals surface area contributed by atoms with Gasteiger partial charge in [0.25, 0.3) is 0 Å². The number of sulfonamides is 1. The van der Waals surface area contributed by atoms with Crippen molar-refractivity contribution in [3.05, 3.63) is 70.0 Å². The van der Waals surface area contributed by atoms with E-state index in [4.69, 9.17) is 4.74 Å². The molecule has 0 amide bonds. The molecule has 0 bridgehead atoms. The summed E-state index contributed by atoms with van der Waals surface area (Å²) in [6.45, 7) is 4.86. The van der Waals surface area contributed by atoms with E-state index in [1.165, 1.54) is 9.87 Å². The topological polar surface area (TPSA) is 77.3 Å². The lowest BCUT2D eigenvalue weighted by atomic mass is 10.1. The molecule has 0 fully saturated rings. The zero-order valence-electron chi connectivity index (χ0n) is 16.1. The van der Waals surface area contributed by atoms with E-state index >= 15 is 0 Å². The number of fused-ring (bicyclic) bond motifs is 1. The molecule has 29 heavy (non-hydrogen) atoms. The predicted octanol–water partition coefficient (Wildman–Crippen LogP) is 3.37. The fourth-order valence-electron chi connectivity index (χ4n) is 3.32. The van der Waals surface area contributed by atoms with Gasteiger partial charge in [-0.25, -0.2) is 13.1 Å². The first-order chi connectivity index (χ1) is 13.8. The second kappa shape index (κ2) is 7.89. The summed E-state index contributed by atoms with van der Waals surface area (Å²) in [6, 6.07) is 12.7. The van der Waals surface area contributed by atoms with Gasteiger partial charge in [0.15, 0.2) is 0 Å². The van der Waals surface area contributed by atoms with Crippen LogP contribution in [0, 0.1) is 6.92 Å². The third-order valence-electron chi connectivity index (χ3n) is 4.96. The Morgan fingerprint density at radius 1 is 1.21 bits per heavy atom. The van der Waals surface area contributed by atoms with Crippen LogP contribution in [0.3, 0.4) is 0 Å². The lowest BCUT2D eigenvalue weighted by Gasteiger charge is -2.24. The molecule has 0 radical (unpaired) electrons. The highest BCUT2D eigenvalue weighted by molar-refractivity contribution is 9.10. The van der Waals surface area contributed by atoms with Gasteiger partial charge >= 0.3 is 0 Å². The number of ether oxygens (including phenoxy) is 1. The molecule has 1 aliphatic rings. The van der Waals surface area contributed by atoms with Crippen LogP contribution in [-0.2, 0) is 23.1 Å². The Kier molecular flexibility index (Phi) is 5.46. The number of nitrogens with zero attached hydrogens (tertiary/aromatic N) is 4. The van der Waals surface area contributed by atoms with Gasteiger partial charge in [-0.05, 0) is 43.2 Å². The molecule has 7 nitrogen and oxygen atoms in total. The normalized spacial score (nSPS) is 18.7. The Hall–Kier alpha value is -2.23. The van der Waals surface area contributed by atoms with Crippen molar-refractivity contribution in [3.63, 3.8) is 0 Å². The van der Waals surface area contributed by atoms with Gasteiger partial charge in [0, 0.05) is 4.47 Å². The fraction of sp³-hybridized carbons (Fsp3) is 0.300. The minimum absolute atomic E-state index is 0.135. The number of halogens is 1. The summed E-state index contributed by atoms with van der Waals surface area (Å²) in [5.74, 6) is 0.358. The Bertz CT molecular complexity index is 1150.